The first-order valence-corrected chi connectivity index (χ1v) is 8.17. The van der Waals surface area contributed by atoms with Crippen molar-refractivity contribution in [2.24, 2.45) is 0 Å². The molecule has 0 radical (unpaired) electrons. The highest BCUT2D eigenvalue weighted by Crippen LogP contribution is 2.15. The average molecular weight is 381 g/mol. The lowest BCUT2D eigenvalue weighted by Crippen LogP contribution is -2.22. The van der Waals surface area contributed by atoms with E-state index in [0.29, 0.717) is 23.2 Å². The van der Waals surface area contributed by atoms with E-state index >= 15 is 0 Å². The lowest BCUT2D eigenvalue weighted by molar-refractivity contribution is 0.361. The maximum atomic E-state index is 12.1. The normalized spacial score (nSPS) is 10.8. The summed E-state index contributed by atoms with van der Waals surface area (Å²) < 4.78 is 11.4. The minimum Gasteiger partial charge on any atom is -0.480 e. The molecule has 3 rings (SSSR count). The molecular formula is C16H14Cl2N4O3. The Labute approximate surface area is 153 Å². The van der Waals surface area contributed by atoms with Crippen LogP contribution in [0, 0.1) is 0 Å². The molecule has 9 heteroatoms. The van der Waals surface area contributed by atoms with E-state index in [-0.39, 0.29) is 17.4 Å². The Hall–Kier alpha value is -2.38. The quantitative estimate of drug-likeness (QED) is 0.653. The van der Waals surface area contributed by atoms with Gasteiger partial charge in [0.15, 0.2) is 10.8 Å². The smallest absolute Gasteiger partial charge is 0.276 e. The molecule has 0 aliphatic rings. The van der Waals surface area contributed by atoms with Crippen LogP contribution in [-0.2, 0) is 19.4 Å². The summed E-state index contributed by atoms with van der Waals surface area (Å²) in [5.41, 5.74) is 0.688. The van der Waals surface area contributed by atoms with Crippen molar-refractivity contribution in [3.05, 3.63) is 68.3 Å². The second kappa shape index (κ2) is 7.67. The second-order valence-electron chi connectivity index (χ2n) is 5.23. The average Bonchev–Trinajstić information content (AvgIpc) is 3.06. The van der Waals surface area contributed by atoms with Gasteiger partial charge in [-0.2, -0.15) is 4.98 Å². The van der Waals surface area contributed by atoms with Crippen LogP contribution in [0.4, 0.5) is 0 Å². The van der Waals surface area contributed by atoms with Crippen molar-refractivity contribution in [3.63, 3.8) is 0 Å². The minimum absolute atomic E-state index is 0.0806. The lowest BCUT2D eigenvalue weighted by Gasteiger charge is -2.04. The minimum atomic E-state index is -0.436. The molecule has 7 nitrogen and oxygen atoms in total. The number of benzene rings is 1. The number of halogens is 2. The van der Waals surface area contributed by atoms with Gasteiger partial charge in [0.1, 0.15) is 12.9 Å². The van der Waals surface area contributed by atoms with Gasteiger partial charge in [0.2, 0.25) is 11.8 Å². The molecule has 0 spiro atoms. The van der Waals surface area contributed by atoms with Gasteiger partial charge in [-0.15, -0.1) is 0 Å². The van der Waals surface area contributed by atoms with Gasteiger partial charge in [-0.25, -0.2) is 4.98 Å². The van der Waals surface area contributed by atoms with E-state index in [4.69, 9.17) is 32.5 Å². The monoisotopic (exact) mass is 380 g/mol. The number of aryl methyl sites for hydroxylation is 2. The number of nitrogens with zero attached hydrogens (tertiary/aromatic N) is 4. The summed E-state index contributed by atoms with van der Waals surface area (Å²) in [4.78, 5) is 20.3. The number of ether oxygens (including phenoxy) is 1. The fourth-order valence-electron chi connectivity index (χ4n) is 2.21. The fraction of sp³-hybridized carbons (Fsp3) is 0.250. The summed E-state index contributed by atoms with van der Waals surface area (Å²) in [5, 5.41) is 4.53. The van der Waals surface area contributed by atoms with Crippen LogP contribution in [0.25, 0.3) is 0 Å². The van der Waals surface area contributed by atoms with Crippen LogP contribution in [-0.4, -0.2) is 26.8 Å². The Bertz CT molecular complexity index is 922. The third-order valence-corrected chi connectivity index (χ3v) is 4.09. The van der Waals surface area contributed by atoms with Gasteiger partial charge in [-0.05, 0) is 24.1 Å². The van der Waals surface area contributed by atoms with E-state index in [1.54, 1.807) is 0 Å². The summed E-state index contributed by atoms with van der Waals surface area (Å²) in [6.45, 7) is 0.0868. The molecule has 130 valence electrons. The molecular weight excluding hydrogens is 367 g/mol. The fourth-order valence-corrected chi connectivity index (χ4v) is 2.57. The zero-order chi connectivity index (χ0) is 17.8. The number of hydrogen-bond acceptors (Lipinski definition) is 6. The molecule has 0 N–H and O–H groups in total. The molecule has 0 atom stereocenters. The molecule has 2 heterocycles. The summed E-state index contributed by atoms with van der Waals surface area (Å²) in [6.07, 6.45) is 2.69. The van der Waals surface area contributed by atoms with Crippen LogP contribution < -0.4 is 10.3 Å². The number of rotatable bonds is 6. The van der Waals surface area contributed by atoms with Gasteiger partial charge in [0.25, 0.3) is 5.56 Å². The molecule has 2 aromatic heterocycles. The molecule has 3 aromatic rings. The van der Waals surface area contributed by atoms with E-state index in [1.165, 1.54) is 18.0 Å². The zero-order valence-corrected chi connectivity index (χ0v) is 14.8. The first-order valence-electron chi connectivity index (χ1n) is 7.41. The zero-order valence-electron chi connectivity index (χ0n) is 13.3. The van der Waals surface area contributed by atoms with Crippen molar-refractivity contribution in [1.82, 2.24) is 19.7 Å². The largest absolute Gasteiger partial charge is 0.480 e. The van der Waals surface area contributed by atoms with Crippen molar-refractivity contribution in [3.8, 4) is 5.88 Å². The first-order chi connectivity index (χ1) is 12.1. The molecule has 1 aromatic carbocycles. The van der Waals surface area contributed by atoms with Crippen molar-refractivity contribution in [2.45, 2.75) is 19.4 Å². The Kier molecular flexibility index (Phi) is 5.35. The highest BCUT2D eigenvalue weighted by molar-refractivity contribution is 6.31. The first kappa shape index (κ1) is 17.4. The maximum absolute atomic E-state index is 12.1. The van der Waals surface area contributed by atoms with E-state index < -0.39 is 5.56 Å². The molecule has 0 amide bonds. The molecule has 0 aliphatic heterocycles. The third kappa shape index (κ3) is 4.18. The predicted molar refractivity (Wildman–Crippen MR) is 92.3 cm³/mol. The molecule has 0 saturated heterocycles. The van der Waals surface area contributed by atoms with Crippen molar-refractivity contribution in [1.29, 1.82) is 0 Å². The van der Waals surface area contributed by atoms with Crippen LogP contribution in [0.1, 0.15) is 17.3 Å². The summed E-state index contributed by atoms with van der Waals surface area (Å²) in [7, 11) is 1.39. The predicted octanol–water partition coefficient (Wildman–Crippen LogP) is 2.78. The number of methoxy groups -OCH3 is 1. The molecule has 0 aliphatic carbocycles. The van der Waals surface area contributed by atoms with Crippen LogP contribution in [0.3, 0.4) is 0 Å². The Morgan fingerprint density at radius 2 is 1.96 bits per heavy atom. The Morgan fingerprint density at radius 3 is 2.68 bits per heavy atom. The second-order valence-corrected chi connectivity index (χ2v) is 6.05. The number of hydrogen-bond donors (Lipinski definition) is 0. The van der Waals surface area contributed by atoms with E-state index in [1.807, 2.05) is 24.3 Å². The van der Waals surface area contributed by atoms with E-state index in [9.17, 15) is 4.79 Å². The molecule has 25 heavy (non-hydrogen) atoms. The van der Waals surface area contributed by atoms with Gasteiger partial charge in [0, 0.05) is 11.4 Å². The molecule has 0 fully saturated rings. The van der Waals surface area contributed by atoms with Crippen LogP contribution in [0.15, 0.2) is 39.9 Å². The summed E-state index contributed by atoms with van der Waals surface area (Å²) in [5.74, 6) is 0.943. The molecule has 0 saturated carbocycles. The van der Waals surface area contributed by atoms with E-state index in [0.717, 1.165) is 12.0 Å². The highest BCUT2D eigenvalue weighted by atomic mass is 35.5. The van der Waals surface area contributed by atoms with Crippen molar-refractivity contribution >= 4 is 23.2 Å². The van der Waals surface area contributed by atoms with Crippen LogP contribution in [0.5, 0.6) is 5.88 Å². The number of aromatic nitrogens is 4. The van der Waals surface area contributed by atoms with Gasteiger partial charge >= 0.3 is 0 Å². The van der Waals surface area contributed by atoms with Crippen LogP contribution >= 0.6 is 23.2 Å². The highest BCUT2D eigenvalue weighted by Gasteiger charge is 2.13. The summed E-state index contributed by atoms with van der Waals surface area (Å²) >= 11 is 11.8. The SMILES string of the molecule is COc1ncn(Cc2nc(CCc3ccc(Cl)cc3)no2)c(=O)c1Cl. The van der Waals surface area contributed by atoms with Gasteiger partial charge in [-0.3, -0.25) is 9.36 Å². The standard InChI is InChI=1S/C16H14Cl2N4O3/c1-24-15-14(18)16(23)22(9-19-15)8-13-20-12(21-25-13)7-4-10-2-5-11(17)6-3-10/h2-3,5-6,9H,4,7-8H2,1H3. The molecule has 0 bridgehead atoms. The van der Waals surface area contributed by atoms with E-state index in [2.05, 4.69) is 15.1 Å². The van der Waals surface area contributed by atoms with Gasteiger partial charge < -0.3 is 9.26 Å². The van der Waals surface area contributed by atoms with Crippen molar-refractivity contribution < 1.29 is 9.26 Å². The lowest BCUT2D eigenvalue weighted by atomic mass is 10.1. The van der Waals surface area contributed by atoms with Gasteiger partial charge in [-0.1, -0.05) is 40.5 Å². The van der Waals surface area contributed by atoms with Crippen molar-refractivity contribution in [2.75, 3.05) is 7.11 Å². The summed E-state index contributed by atoms with van der Waals surface area (Å²) in [6, 6.07) is 7.58. The van der Waals surface area contributed by atoms with Crippen LogP contribution in [0.2, 0.25) is 10.0 Å². The molecule has 0 unspecified atom stereocenters. The third-order valence-electron chi connectivity index (χ3n) is 3.51. The van der Waals surface area contributed by atoms with Gasteiger partial charge in [0.05, 0.1) is 7.11 Å². The topological polar surface area (TPSA) is 83.0 Å². The maximum Gasteiger partial charge on any atom is 0.276 e. The Balaban J connectivity index is 1.67. The Morgan fingerprint density at radius 1 is 1.20 bits per heavy atom.